The molecule has 1 fully saturated rings. The molecular weight excluding hydrogens is 684 g/mol. The number of alkyl carbamates (subject to hydrolysis) is 1. The Bertz CT molecular complexity index is 2000. The van der Waals surface area contributed by atoms with Crippen molar-refractivity contribution in [3.8, 4) is 0 Å². The van der Waals surface area contributed by atoms with Crippen LogP contribution in [0, 0.1) is 13.8 Å². The Hall–Kier alpha value is -5.75. The number of aromatic amines is 1. The smallest absolute Gasteiger partial charge is 0.411 e. The third-order valence-corrected chi connectivity index (χ3v) is 9.59. The van der Waals surface area contributed by atoms with E-state index in [1.807, 2.05) is 107 Å². The molecule has 3 atom stereocenters. The monoisotopic (exact) mass is 732 g/mol. The molecule has 5 aromatic rings. The highest BCUT2D eigenvalue weighted by Gasteiger charge is 2.38. The molecule has 1 aliphatic heterocycles. The third kappa shape index (κ3) is 9.06. The lowest BCUT2D eigenvalue weighted by atomic mass is 9.84. The standard InChI is InChI=1S/C42H48N6O6/c1-26-22-32-33(23-27(26)2)45-38(44-32)34-25-53-31(24-48(34)41(51)54-42(3,4)5)20-19-30-18-13-21-43-37(30)47-39(49)36(46-40(50)52-6)35(28-14-9-7-10-15-28)29-16-11-8-12-17-29/h7-18,21-23,31,34-36H,19-20,24-25H2,1-6H3,(H,44,45)(H,46,50)(H,43,47,49)/t31-,34+,36+/m1/s1. The Morgan fingerprint density at radius 2 is 1.63 bits per heavy atom. The Kier molecular flexibility index (Phi) is 11.6. The van der Waals surface area contributed by atoms with Gasteiger partial charge in [-0.1, -0.05) is 66.7 Å². The maximum Gasteiger partial charge on any atom is 0.411 e. The van der Waals surface area contributed by atoms with E-state index in [4.69, 9.17) is 19.2 Å². The van der Waals surface area contributed by atoms with E-state index in [1.54, 1.807) is 11.1 Å². The van der Waals surface area contributed by atoms with E-state index in [2.05, 4.69) is 33.6 Å². The molecule has 3 N–H and O–H groups in total. The lowest BCUT2D eigenvalue weighted by molar-refractivity contribution is -0.118. The molecule has 3 amide bonds. The predicted octanol–water partition coefficient (Wildman–Crippen LogP) is 7.38. The number of hydrogen-bond donors (Lipinski definition) is 3. The molecule has 0 spiro atoms. The third-order valence-electron chi connectivity index (χ3n) is 9.59. The van der Waals surface area contributed by atoms with E-state index in [-0.39, 0.29) is 19.3 Å². The van der Waals surface area contributed by atoms with E-state index in [9.17, 15) is 14.4 Å². The quantitative estimate of drug-likeness (QED) is 0.135. The molecule has 6 rings (SSSR count). The maximum absolute atomic E-state index is 14.2. The van der Waals surface area contributed by atoms with Gasteiger partial charge in [-0.2, -0.15) is 0 Å². The fourth-order valence-corrected chi connectivity index (χ4v) is 6.74. The van der Waals surface area contributed by atoms with Crippen LogP contribution in [0.2, 0.25) is 0 Å². The van der Waals surface area contributed by atoms with Crippen LogP contribution < -0.4 is 10.6 Å². The summed E-state index contributed by atoms with van der Waals surface area (Å²) in [6.07, 6.45) is 1.11. The molecule has 12 heteroatoms. The van der Waals surface area contributed by atoms with Gasteiger partial charge in [0.05, 0.1) is 37.4 Å². The number of nitrogens with zero attached hydrogens (tertiary/aromatic N) is 3. The van der Waals surface area contributed by atoms with E-state index >= 15 is 0 Å². The molecule has 0 radical (unpaired) electrons. The van der Waals surface area contributed by atoms with Gasteiger partial charge in [0, 0.05) is 12.1 Å². The number of benzene rings is 3. The Morgan fingerprint density at radius 1 is 0.963 bits per heavy atom. The van der Waals surface area contributed by atoms with Crippen LogP contribution in [0.1, 0.15) is 72.8 Å². The highest BCUT2D eigenvalue weighted by atomic mass is 16.6. The van der Waals surface area contributed by atoms with E-state index in [0.29, 0.717) is 24.5 Å². The van der Waals surface area contributed by atoms with Gasteiger partial charge < -0.3 is 29.8 Å². The summed E-state index contributed by atoms with van der Waals surface area (Å²) < 4.78 is 17.2. The molecule has 0 unspecified atom stereocenters. The summed E-state index contributed by atoms with van der Waals surface area (Å²) >= 11 is 0. The largest absolute Gasteiger partial charge is 0.453 e. The van der Waals surface area contributed by atoms with Gasteiger partial charge in [-0.15, -0.1) is 0 Å². The molecule has 12 nitrogen and oxygen atoms in total. The zero-order chi connectivity index (χ0) is 38.4. The Morgan fingerprint density at radius 3 is 2.28 bits per heavy atom. The number of fused-ring (bicyclic) bond motifs is 1. The van der Waals surface area contributed by atoms with Gasteiger partial charge in [0.15, 0.2) is 0 Å². The lowest BCUT2D eigenvalue weighted by Crippen LogP contribution is -2.49. The summed E-state index contributed by atoms with van der Waals surface area (Å²) in [5.74, 6) is 0.0172. The van der Waals surface area contributed by atoms with Crippen molar-refractivity contribution in [2.75, 3.05) is 25.6 Å². The highest BCUT2D eigenvalue weighted by Crippen LogP contribution is 2.32. The van der Waals surface area contributed by atoms with Crippen LogP contribution in [0.3, 0.4) is 0 Å². The first-order chi connectivity index (χ1) is 25.9. The lowest BCUT2D eigenvalue weighted by Gasteiger charge is -2.39. The van der Waals surface area contributed by atoms with Crippen molar-refractivity contribution in [1.29, 1.82) is 0 Å². The first kappa shape index (κ1) is 38.0. The van der Waals surface area contributed by atoms with Crippen molar-refractivity contribution in [2.45, 2.75) is 77.2 Å². The number of aryl methyl sites for hydroxylation is 3. The van der Waals surface area contributed by atoms with Crippen LogP contribution in [0.4, 0.5) is 15.4 Å². The highest BCUT2D eigenvalue weighted by molar-refractivity contribution is 5.97. The number of nitrogens with one attached hydrogen (secondary N) is 3. The predicted molar refractivity (Wildman–Crippen MR) is 206 cm³/mol. The minimum Gasteiger partial charge on any atom is -0.453 e. The molecule has 0 saturated carbocycles. The van der Waals surface area contributed by atoms with Crippen molar-refractivity contribution >= 4 is 34.9 Å². The minimum atomic E-state index is -1.04. The van der Waals surface area contributed by atoms with Crippen molar-refractivity contribution in [3.05, 3.63) is 125 Å². The average Bonchev–Trinajstić information content (AvgIpc) is 3.56. The number of ether oxygens (including phenoxy) is 3. The van der Waals surface area contributed by atoms with Crippen LogP contribution >= 0.6 is 0 Å². The zero-order valence-electron chi connectivity index (χ0n) is 31.6. The number of rotatable bonds is 10. The van der Waals surface area contributed by atoms with Gasteiger partial charge in [0.1, 0.15) is 29.3 Å². The number of aromatic nitrogens is 3. The summed E-state index contributed by atoms with van der Waals surface area (Å²) in [5.41, 5.74) is 5.78. The van der Waals surface area contributed by atoms with Crippen LogP contribution in [-0.4, -0.2) is 76.0 Å². The summed E-state index contributed by atoms with van der Waals surface area (Å²) in [6.45, 7) is 10.1. The number of anilines is 1. The Labute approximate surface area is 315 Å². The number of pyridine rings is 1. The topological polar surface area (TPSA) is 148 Å². The first-order valence-corrected chi connectivity index (χ1v) is 18.2. The van der Waals surface area contributed by atoms with E-state index in [0.717, 1.165) is 38.9 Å². The first-order valence-electron chi connectivity index (χ1n) is 18.2. The molecule has 54 heavy (non-hydrogen) atoms. The van der Waals surface area contributed by atoms with Crippen molar-refractivity contribution in [1.82, 2.24) is 25.2 Å². The number of amides is 3. The van der Waals surface area contributed by atoms with Crippen LogP contribution in [-0.2, 0) is 25.4 Å². The summed E-state index contributed by atoms with van der Waals surface area (Å²) in [7, 11) is 1.26. The number of morpholine rings is 1. The number of methoxy groups -OCH3 is 1. The molecule has 282 valence electrons. The number of imidazole rings is 1. The molecule has 0 aliphatic carbocycles. The molecule has 3 aromatic carbocycles. The molecule has 2 aromatic heterocycles. The second kappa shape index (κ2) is 16.5. The van der Waals surface area contributed by atoms with Gasteiger partial charge in [0.25, 0.3) is 0 Å². The average molecular weight is 733 g/mol. The van der Waals surface area contributed by atoms with Gasteiger partial charge >= 0.3 is 12.2 Å². The van der Waals surface area contributed by atoms with Crippen LogP contribution in [0.25, 0.3) is 11.0 Å². The maximum atomic E-state index is 14.2. The van der Waals surface area contributed by atoms with Gasteiger partial charge in [0.2, 0.25) is 5.91 Å². The van der Waals surface area contributed by atoms with Gasteiger partial charge in [-0.05, 0) is 93.5 Å². The minimum absolute atomic E-state index is 0.222. The zero-order valence-corrected chi connectivity index (χ0v) is 31.6. The van der Waals surface area contributed by atoms with Crippen molar-refractivity contribution in [3.63, 3.8) is 0 Å². The SMILES string of the molecule is COC(=O)N[C@H](C(=O)Nc1ncccc1CC[C@@H]1CN(C(=O)OC(C)(C)C)[C@H](c2nc3cc(C)c(C)cc3[nH]2)CO1)C(c1ccccc1)c1ccccc1. The Balaban J connectivity index is 1.21. The van der Waals surface area contributed by atoms with E-state index < -0.39 is 41.7 Å². The normalized spacial score (nSPS) is 16.5. The molecule has 1 saturated heterocycles. The fourth-order valence-electron chi connectivity index (χ4n) is 6.74. The number of H-pyrrole nitrogens is 1. The fraction of sp³-hybridized carbons (Fsp3) is 0.357. The molecule has 1 aliphatic rings. The number of carbonyl (C=O) groups is 3. The molecule has 0 bridgehead atoms. The second-order valence-corrected chi connectivity index (χ2v) is 14.6. The summed E-state index contributed by atoms with van der Waals surface area (Å²) in [5, 5.41) is 5.76. The molecule has 3 heterocycles. The van der Waals surface area contributed by atoms with Crippen LogP contribution in [0.15, 0.2) is 91.1 Å². The van der Waals surface area contributed by atoms with Crippen molar-refractivity contribution in [2.24, 2.45) is 0 Å². The molecular formula is C42H48N6O6. The summed E-state index contributed by atoms with van der Waals surface area (Å²) in [6, 6.07) is 25.4. The number of hydrogen-bond acceptors (Lipinski definition) is 8. The summed E-state index contributed by atoms with van der Waals surface area (Å²) in [4.78, 5) is 55.0. The van der Waals surface area contributed by atoms with E-state index in [1.165, 1.54) is 7.11 Å². The van der Waals surface area contributed by atoms with Gasteiger partial charge in [-0.25, -0.2) is 19.6 Å². The second-order valence-electron chi connectivity index (χ2n) is 14.6. The van der Waals surface area contributed by atoms with Crippen molar-refractivity contribution < 1.29 is 28.6 Å². The van der Waals surface area contributed by atoms with Crippen LogP contribution in [0.5, 0.6) is 0 Å². The number of carbonyl (C=O) groups excluding carboxylic acids is 3. The van der Waals surface area contributed by atoms with Gasteiger partial charge in [-0.3, -0.25) is 9.69 Å².